The van der Waals surface area contributed by atoms with E-state index >= 15 is 0 Å². The Labute approximate surface area is 85.0 Å². The first kappa shape index (κ1) is 13.9. The largest absolute Gasteiger partial charge is 0.394 e. The van der Waals surface area contributed by atoms with Gasteiger partial charge in [0, 0.05) is 0 Å². The zero-order chi connectivity index (χ0) is 11.8. The topological polar surface area (TPSA) is 136 Å². The Morgan fingerprint density at radius 1 is 1.20 bits per heavy atom. The minimum absolute atomic E-state index is 0.123. The molecule has 88 valence electrons. The zero-order valence-electron chi connectivity index (χ0n) is 7.68. The second-order valence-electron chi connectivity index (χ2n) is 2.69. The molecule has 0 bridgehead atoms. The van der Waals surface area contributed by atoms with E-state index in [2.05, 4.69) is 4.84 Å². The summed E-state index contributed by atoms with van der Waals surface area (Å²) in [5, 5.41) is 35.9. The Hall–Kier alpha value is -1.06. The van der Waals surface area contributed by atoms with E-state index in [1.54, 1.807) is 5.48 Å². The molecule has 0 aromatic carbocycles. The van der Waals surface area contributed by atoms with Crippen LogP contribution in [0.2, 0.25) is 0 Å². The minimum atomic E-state index is -1.77. The molecule has 5 N–H and O–H groups in total. The van der Waals surface area contributed by atoms with Crippen LogP contribution in [0.3, 0.4) is 0 Å². The van der Waals surface area contributed by atoms with E-state index in [9.17, 15) is 19.8 Å². The fourth-order valence-corrected chi connectivity index (χ4v) is 0.814. The summed E-state index contributed by atoms with van der Waals surface area (Å²) < 4.78 is 0. The molecule has 8 heteroatoms. The number of aldehydes is 1. The summed E-state index contributed by atoms with van der Waals surface area (Å²) in [5.41, 5.74) is 1.66. The van der Waals surface area contributed by atoms with Crippen molar-refractivity contribution in [2.45, 2.75) is 24.4 Å². The summed E-state index contributed by atoms with van der Waals surface area (Å²) in [6, 6.07) is 0. The van der Waals surface area contributed by atoms with Crippen molar-refractivity contribution in [2.24, 2.45) is 0 Å². The molecule has 0 spiro atoms. The van der Waals surface area contributed by atoms with Crippen molar-refractivity contribution in [3.8, 4) is 0 Å². The van der Waals surface area contributed by atoms with E-state index in [0.29, 0.717) is 0 Å². The van der Waals surface area contributed by atoms with Gasteiger partial charge in [-0.25, -0.2) is 5.48 Å². The van der Waals surface area contributed by atoms with Crippen LogP contribution >= 0.6 is 0 Å². The lowest BCUT2D eigenvalue weighted by atomic mass is 10.0. The number of carbonyl (C=O) groups is 2. The van der Waals surface area contributed by atoms with E-state index in [4.69, 9.17) is 10.2 Å². The molecular weight excluding hydrogens is 210 g/mol. The molecule has 0 saturated carbocycles. The van der Waals surface area contributed by atoms with Gasteiger partial charge in [-0.2, -0.15) is 0 Å². The van der Waals surface area contributed by atoms with Crippen LogP contribution in [0.15, 0.2) is 0 Å². The highest BCUT2D eigenvalue weighted by molar-refractivity contribution is 5.57. The van der Waals surface area contributed by atoms with Crippen molar-refractivity contribution in [1.29, 1.82) is 0 Å². The van der Waals surface area contributed by atoms with E-state index < -0.39 is 31.0 Å². The van der Waals surface area contributed by atoms with Crippen LogP contribution in [0.25, 0.3) is 0 Å². The van der Waals surface area contributed by atoms with Crippen molar-refractivity contribution in [1.82, 2.24) is 5.48 Å². The Morgan fingerprint density at radius 3 is 2.20 bits per heavy atom. The normalized spacial score (nSPS) is 18.7. The average Bonchev–Trinajstić information content (AvgIpc) is 2.27. The second-order valence-corrected chi connectivity index (χ2v) is 2.69. The maximum atomic E-state index is 10.4. The number of carbonyl (C=O) groups excluding carboxylic acids is 2. The SMILES string of the molecule is O=CNO[C@H](C=O)[C@@H](O)[C@H](O)[C@H](O)CO. The number of hydroxylamine groups is 1. The molecule has 0 heterocycles. The number of amides is 1. The average molecular weight is 223 g/mol. The highest BCUT2D eigenvalue weighted by Gasteiger charge is 2.32. The molecule has 0 saturated heterocycles. The van der Waals surface area contributed by atoms with E-state index in [1.807, 2.05) is 0 Å². The lowest BCUT2D eigenvalue weighted by molar-refractivity contribution is -0.161. The second kappa shape index (κ2) is 7.26. The molecule has 0 aromatic rings. The molecule has 15 heavy (non-hydrogen) atoms. The van der Waals surface area contributed by atoms with Gasteiger partial charge in [-0.3, -0.25) is 9.63 Å². The fraction of sp³-hybridized carbons (Fsp3) is 0.714. The number of nitrogens with one attached hydrogen (secondary N) is 1. The van der Waals surface area contributed by atoms with Gasteiger partial charge in [0.2, 0.25) is 6.41 Å². The summed E-state index contributed by atoms with van der Waals surface area (Å²) in [7, 11) is 0. The summed E-state index contributed by atoms with van der Waals surface area (Å²) in [6.45, 7) is -0.787. The molecule has 0 radical (unpaired) electrons. The Balaban J connectivity index is 4.28. The number of aliphatic hydroxyl groups is 4. The predicted octanol–water partition coefficient (Wildman–Crippen LogP) is -3.69. The molecule has 0 rings (SSSR count). The van der Waals surface area contributed by atoms with Crippen molar-refractivity contribution in [2.75, 3.05) is 6.61 Å². The predicted molar refractivity (Wildman–Crippen MR) is 45.2 cm³/mol. The summed E-state index contributed by atoms with van der Waals surface area (Å²) in [4.78, 5) is 24.5. The van der Waals surface area contributed by atoms with Gasteiger partial charge < -0.3 is 25.2 Å². The summed E-state index contributed by atoms with van der Waals surface area (Å²) >= 11 is 0. The maximum Gasteiger partial charge on any atom is 0.230 e. The number of hydrogen-bond donors (Lipinski definition) is 5. The highest BCUT2D eigenvalue weighted by atomic mass is 16.7. The molecule has 1 amide bonds. The number of aliphatic hydroxyl groups excluding tert-OH is 4. The Bertz CT molecular complexity index is 200. The van der Waals surface area contributed by atoms with E-state index in [0.717, 1.165) is 0 Å². The Kier molecular flexibility index (Phi) is 6.75. The summed E-state index contributed by atoms with van der Waals surface area (Å²) in [5.74, 6) is 0. The third-order valence-corrected chi connectivity index (χ3v) is 1.65. The van der Waals surface area contributed by atoms with Gasteiger partial charge in [0.05, 0.1) is 6.61 Å². The van der Waals surface area contributed by atoms with E-state index in [-0.39, 0.29) is 12.7 Å². The minimum Gasteiger partial charge on any atom is -0.394 e. The maximum absolute atomic E-state index is 10.4. The third-order valence-electron chi connectivity index (χ3n) is 1.65. The first-order valence-corrected chi connectivity index (χ1v) is 4.03. The third kappa shape index (κ3) is 4.32. The van der Waals surface area contributed by atoms with Gasteiger partial charge in [0.25, 0.3) is 0 Å². The Morgan fingerprint density at radius 2 is 1.80 bits per heavy atom. The molecule has 8 nitrogen and oxygen atoms in total. The van der Waals surface area contributed by atoms with Crippen LogP contribution < -0.4 is 5.48 Å². The fourth-order valence-electron chi connectivity index (χ4n) is 0.814. The molecule has 0 unspecified atom stereocenters. The van der Waals surface area contributed by atoms with Gasteiger partial charge >= 0.3 is 0 Å². The van der Waals surface area contributed by atoms with Crippen LogP contribution in [0.5, 0.6) is 0 Å². The van der Waals surface area contributed by atoms with Crippen LogP contribution in [0, 0.1) is 0 Å². The molecule has 0 aliphatic heterocycles. The lowest BCUT2D eigenvalue weighted by Crippen LogP contribution is -2.48. The van der Waals surface area contributed by atoms with Crippen molar-refractivity contribution >= 4 is 12.7 Å². The molecule has 0 fully saturated rings. The highest BCUT2D eigenvalue weighted by Crippen LogP contribution is 2.05. The van der Waals surface area contributed by atoms with Crippen LogP contribution in [0.1, 0.15) is 0 Å². The molecule has 4 atom stereocenters. The molecule has 0 aliphatic rings. The molecule has 0 aromatic heterocycles. The van der Waals surface area contributed by atoms with Gasteiger partial charge in [-0.05, 0) is 0 Å². The number of hydrogen-bond acceptors (Lipinski definition) is 7. The van der Waals surface area contributed by atoms with Gasteiger partial charge in [-0.1, -0.05) is 0 Å². The zero-order valence-corrected chi connectivity index (χ0v) is 7.68. The monoisotopic (exact) mass is 223 g/mol. The summed E-state index contributed by atoms with van der Waals surface area (Å²) in [6.07, 6.45) is -6.42. The van der Waals surface area contributed by atoms with Crippen LogP contribution in [-0.2, 0) is 14.4 Å². The number of rotatable bonds is 8. The standard InChI is InChI=1S/C7H13NO7/c9-1-4(12)6(13)7(14)5(2-10)15-8-3-11/h2-7,9,12-14H,1H2,(H,8,11)/t4-,5-,6-,7-/m1/s1. The van der Waals surface area contributed by atoms with Crippen LogP contribution in [-0.4, -0.2) is 64.1 Å². The van der Waals surface area contributed by atoms with Crippen LogP contribution in [0.4, 0.5) is 0 Å². The molecular formula is C7H13NO7. The quantitative estimate of drug-likeness (QED) is 0.211. The first-order chi connectivity index (χ1) is 7.08. The van der Waals surface area contributed by atoms with Gasteiger partial charge in [-0.15, -0.1) is 0 Å². The van der Waals surface area contributed by atoms with Crippen molar-refractivity contribution in [3.63, 3.8) is 0 Å². The molecule has 0 aliphatic carbocycles. The van der Waals surface area contributed by atoms with Crippen molar-refractivity contribution in [3.05, 3.63) is 0 Å². The smallest absolute Gasteiger partial charge is 0.230 e. The van der Waals surface area contributed by atoms with Gasteiger partial charge in [0.1, 0.15) is 18.3 Å². The van der Waals surface area contributed by atoms with E-state index in [1.165, 1.54) is 0 Å². The lowest BCUT2D eigenvalue weighted by Gasteiger charge is -2.24. The van der Waals surface area contributed by atoms with Gasteiger partial charge in [0.15, 0.2) is 12.4 Å². The van der Waals surface area contributed by atoms with Crippen molar-refractivity contribution < 1.29 is 34.9 Å². The first-order valence-electron chi connectivity index (χ1n) is 4.03.